The third-order valence-electron chi connectivity index (χ3n) is 5.06. The van der Waals surface area contributed by atoms with E-state index in [1.807, 2.05) is 38.1 Å². The molecule has 1 atom stereocenters. The second-order valence-corrected chi connectivity index (χ2v) is 8.04. The van der Waals surface area contributed by atoms with Crippen molar-refractivity contribution >= 4 is 11.6 Å². The number of nitrogens with zero attached hydrogens (tertiary/aromatic N) is 2. The predicted octanol–water partition coefficient (Wildman–Crippen LogP) is 4.12. The van der Waals surface area contributed by atoms with Crippen molar-refractivity contribution in [2.24, 2.45) is 11.1 Å². The summed E-state index contributed by atoms with van der Waals surface area (Å²) >= 11 is 0. The van der Waals surface area contributed by atoms with Crippen LogP contribution in [0.15, 0.2) is 47.6 Å². The van der Waals surface area contributed by atoms with Crippen LogP contribution < -0.4 is 9.47 Å². The average molecular weight is 412 g/mol. The predicted molar refractivity (Wildman–Crippen MR) is 110 cm³/mol. The van der Waals surface area contributed by atoms with Gasteiger partial charge >= 0.3 is 0 Å². The van der Waals surface area contributed by atoms with E-state index in [9.17, 15) is 9.18 Å². The van der Waals surface area contributed by atoms with Gasteiger partial charge in [-0.15, -0.1) is 0 Å². The number of rotatable bonds is 7. The molecule has 0 aliphatic carbocycles. The smallest absolute Gasteiger partial charge is 0.231 e. The summed E-state index contributed by atoms with van der Waals surface area (Å²) in [6.45, 7) is 4.95. The van der Waals surface area contributed by atoms with Crippen LogP contribution in [-0.4, -0.2) is 36.0 Å². The molecule has 0 N–H and O–H groups in total. The van der Waals surface area contributed by atoms with Crippen LogP contribution in [0.2, 0.25) is 0 Å². The van der Waals surface area contributed by atoms with Crippen LogP contribution in [0.5, 0.6) is 11.5 Å². The fraction of sp³-hybridized carbons (Fsp3) is 0.391. The summed E-state index contributed by atoms with van der Waals surface area (Å²) in [5.74, 6) is 1.36. The summed E-state index contributed by atoms with van der Waals surface area (Å²) < 4.78 is 24.4. The number of oxime groups is 1. The largest absolute Gasteiger partial charge is 0.454 e. The standard InChI is InChI=1S/C23H25FN2O4/c1-15(2)8-23(27)26(12-16-4-3-5-18(24)9-16)13-19-11-20(25-30-19)17-6-7-21-22(10-17)29-14-28-21/h3-7,9-10,15,19H,8,11-14H2,1-2H3. The lowest BCUT2D eigenvalue weighted by Crippen LogP contribution is -2.37. The Hall–Kier alpha value is -3.09. The van der Waals surface area contributed by atoms with Gasteiger partial charge in [0.1, 0.15) is 5.82 Å². The fourth-order valence-electron chi connectivity index (χ4n) is 3.61. The first kappa shape index (κ1) is 20.2. The van der Waals surface area contributed by atoms with E-state index in [1.165, 1.54) is 12.1 Å². The zero-order valence-corrected chi connectivity index (χ0v) is 17.1. The van der Waals surface area contributed by atoms with Gasteiger partial charge in [0.05, 0.1) is 12.3 Å². The number of fused-ring (bicyclic) bond motifs is 1. The maximum absolute atomic E-state index is 13.6. The monoisotopic (exact) mass is 412 g/mol. The van der Waals surface area contributed by atoms with E-state index in [2.05, 4.69) is 5.16 Å². The molecule has 0 fully saturated rings. The van der Waals surface area contributed by atoms with Crippen molar-refractivity contribution in [3.05, 3.63) is 59.4 Å². The average Bonchev–Trinajstić information content (AvgIpc) is 3.35. The molecule has 1 amide bonds. The molecule has 0 saturated heterocycles. The minimum atomic E-state index is -0.311. The van der Waals surface area contributed by atoms with E-state index in [-0.39, 0.29) is 30.5 Å². The maximum atomic E-state index is 13.6. The highest BCUT2D eigenvalue weighted by molar-refractivity contribution is 6.01. The first-order valence-corrected chi connectivity index (χ1v) is 10.1. The summed E-state index contributed by atoms with van der Waals surface area (Å²) in [4.78, 5) is 20.2. The van der Waals surface area contributed by atoms with Crippen molar-refractivity contribution in [2.45, 2.75) is 39.3 Å². The van der Waals surface area contributed by atoms with Crippen LogP contribution in [-0.2, 0) is 16.2 Å². The van der Waals surface area contributed by atoms with Gasteiger partial charge < -0.3 is 19.2 Å². The second-order valence-electron chi connectivity index (χ2n) is 8.04. The quantitative estimate of drug-likeness (QED) is 0.686. The zero-order valence-electron chi connectivity index (χ0n) is 17.1. The third kappa shape index (κ3) is 4.72. The SMILES string of the molecule is CC(C)CC(=O)N(Cc1cccc(F)c1)CC1CC(c2ccc3c(c2)OCO3)=NO1. The van der Waals surface area contributed by atoms with E-state index < -0.39 is 0 Å². The molecule has 0 radical (unpaired) electrons. The molecule has 2 aliphatic heterocycles. The van der Waals surface area contributed by atoms with E-state index in [4.69, 9.17) is 14.3 Å². The molecule has 158 valence electrons. The van der Waals surface area contributed by atoms with Gasteiger partial charge in [-0.3, -0.25) is 4.79 Å². The Morgan fingerprint density at radius 2 is 2.03 bits per heavy atom. The summed E-state index contributed by atoms with van der Waals surface area (Å²) in [6, 6.07) is 12.0. The number of benzene rings is 2. The van der Waals surface area contributed by atoms with Crippen molar-refractivity contribution in [3.8, 4) is 11.5 Å². The minimum Gasteiger partial charge on any atom is -0.454 e. The van der Waals surface area contributed by atoms with Gasteiger partial charge in [0.2, 0.25) is 12.7 Å². The number of carbonyl (C=O) groups excluding carboxylic acids is 1. The second kappa shape index (κ2) is 8.73. The first-order valence-electron chi connectivity index (χ1n) is 10.1. The molecular weight excluding hydrogens is 387 g/mol. The van der Waals surface area contributed by atoms with Crippen molar-refractivity contribution in [1.82, 2.24) is 4.90 Å². The Balaban J connectivity index is 1.43. The van der Waals surface area contributed by atoms with Gasteiger partial charge in [0.15, 0.2) is 17.6 Å². The van der Waals surface area contributed by atoms with E-state index >= 15 is 0 Å². The molecule has 0 spiro atoms. The van der Waals surface area contributed by atoms with Crippen molar-refractivity contribution < 1.29 is 23.5 Å². The summed E-state index contributed by atoms with van der Waals surface area (Å²) in [5.41, 5.74) is 2.47. The maximum Gasteiger partial charge on any atom is 0.231 e. The molecule has 0 saturated carbocycles. The highest BCUT2D eigenvalue weighted by Crippen LogP contribution is 2.33. The molecule has 0 aromatic heterocycles. The molecule has 7 heteroatoms. The molecule has 2 aromatic carbocycles. The molecule has 2 aliphatic rings. The first-order chi connectivity index (χ1) is 14.5. The normalized spacial score (nSPS) is 17.1. The Labute approximate surface area is 175 Å². The number of carbonyl (C=O) groups is 1. The van der Waals surface area contributed by atoms with Crippen LogP contribution >= 0.6 is 0 Å². The minimum absolute atomic E-state index is 0.0226. The number of halogens is 1. The zero-order chi connectivity index (χ0) is 21.1. The molecule has 6 nitrogen and oxygen atoms in total. The van der Waals surface area contributed by atoms with E-state index in [1.54, 1.807) is 11.0 Å². The number of hydrogen-bond acceptors (Lipinski definition) is 5. The number of ether oxygens (including phenoxy) is 2. The van der Waals surface area contributed by atoms with Crippen LogP contribution in [0.4, 0.5) is 4.39 Å². The lowest BCUT2D eigenvalue weighted by atomic mass is 10.0. The van der Waals surface area contributed by atoms with Gasteiger partial charge in [-0.1, -0.05) is 31.1 Å². The van der Waals surface area contributed by atoms with Gasteiger partial charge in [-0.25, -0.2) is 4.39 Å². The fourth-order valence-corrected chi connectivity index (χ4v) is 3.61. The Morgan fingerprint density at radius 3 is 2.83 bits per heavy atom. The summed E-state index contributed by atoms with van der Waals surface area (Å²) in [7, 11) is 0. The third-order valence-corrected chi connectivity index (χ3v) is 5.06. The topological polar surface area (TPSA) is 60.4 Å². The van der Waals surface area contributed by atoms with E-state index in [0.29, 0.717) is 31.7 Å². The molecule has 30 heavy (non-hydrogen) atoms. The summed E-state index contributed by atoms with van der Waals surface area (Å²) in [6.07, 6.45) is 0.752. The highest BCUT2D eigenvalue weighted by atomic mass is 19.1. The Morgan fingerprint density at radius 1 is 1.20 bits per heavy atom. The van der Waals surface area contributed by atoms with Crippen molar-refractivity contribution in [3.63, 3.8) is 0 Å². The molecule has 4 rings (SSSR count). The van der Waals surface area contributed by atoms with Gasteiger partial charge in [0.25, 0.3) is 0 Å². The van der Waals surface area contributed by atoms with Crippen LogP contribution in [0.1, 0.15) is 37.8 Å². The summed E-state index contributed by atoms with van der Waals surface area (Å²) in [5, 5.41) is 4.23. The molecule has 2 aromatic rings. The van der Waals surface area contributed by atoms with Gasteiger partial charge in [-0.2, -0.15) is 0 Å². The lowest BCUT2D eigenvalue weighted by molar-refractivity contribution is -0.134. The van der Waals surface area contributed by atoms with Crippen molar-refractivity contribution in [2.75, 3.05) is 13.3 Å². The Bertz CT molecular complexity index is 960. The van der Waals surface area contributed by atoms with Gasteiger partial charge in [0, 0.05) is 24.9 Å². The molecular formula is C23H25FN2O4. The Kier molecular flexibility index (Phi) is 5.88. The van der Waals surface area contributed by atoms with Gasteiger partial charge in [-0.05, 0) is 41.8 Å². The van der Waals surface area contributed by atoms with Crippen LogP contribution in [0.25, 0.3) is 0 Å². The van der Waals surface area contributed by atoms with Crippen LogP contribution in [0, 0.1) is 11.7 Å². The molecule has 1 unspecified atom stereocenters. The molecule has 0 bridgehead atoms. The van der Waals surface area contributed by atoms with Crippen LogP contribution in [0.3, 0.4) is 0 Å². The van der Waals surface area contributed by atoms with E-state index in [0.717, 1.165) is 22.6 Å². The molecule has 2 heterocycles. The number of hydrogen-bond donors (Lipinski definition) is 0. The highest BCUT2D eigenvalue weighted by Gasteiger charge is 2.28. The van der Waals surface area contributed by atoms with Crippen molar-refractivity contribution in [1.29, 1.82) is 0 Å². The lowest BCUT2D eigenvalue weighted by Gasteiger charge is -2.26. The number of amides is 1.